The summed E-state index contributed by atoms with van der Waals surface area (Å²) in [6.07, 6.45) is -0.788. The average molecular weight is 333 g/mol. The first-order valence-corrected chi connectivity index (χ1v) is 6.65. The molecule has 0 heterocycles. The highest BCUT2D eigenvalue weighted by atomic mass is 79.9. The summed E-state index contributed by atoms with van der Waals surface area (Å²) in [4.78, 5) is 11.0. The molecule has 2 N–H and O–H groups in total. The number of hydrogen-bond donors (Lipinski definition) is 2. The number of halogens is 1. The fourth-order valence-electron chi connectivity index (χ4n) is 1.36. The second-order valence-electron chi connectivity index (χ2n) is 4.27. The molecule has 0 aliphatic heterocycles. The first-order chi connectivity index (χ1) is 8.91. The van der Waals surface area contributed by atoms with Crippen LogP contribution < -0.4 is 4.74 Å². The van der Waals surface area contributed by atoms with Crippen LogP contribution in [0.4, 0.5) is 0 Å². The van der Waals surface area contributed by atoms with Crippen LogP contribution in [0.15, 0.2) is 22.7 Å². The summed E-state index contributed by atoms with van der Waals surface area (Å²) in [6.45, 7) is 3.84. The molecule has 0 aliphatic rings. The van der Waals surface area contributed by atoms with Crippen molar-refractivity contribution in [1.82, 2.24) is 0 Å². The van der Waals surface area contributed by atoms with E-state index in [4.69, 9.17) is 14.6 Å². The van der Waals surface area contributed by atoms with Gasteiger partial charge in [-0.1, -0.05) is 6.07 Å². The Balaban J connectivity index is 2.64. The summed E-state index contributed by atoms with van der Waals surface area (Å²) >= 11 is 3.23. The zero-order valence-corrected chi connectivity index (χ0v) is 12.4. The number of ether oxygens (including phenoxy) is 2. The Bertz CT molecular complexity index is 433. The number of carboxylic acids is 1. The fourth-order valence-corrected chi connectivity index (χ4v) is 1.84. The maximum absolute atomic E-state index is 11.0. The van der Waals surface area contributed by atoms with E-state index in [0.29, 0.717) is 4.47 Å². The Labute approximate surface area is 120 Å². The Morgan fingerprint density at radius 3 is 2.63 bits per heavy atom. The molecule has 0 bridgehead atoms. The molecule has 0 radical (unpaired) electrons. The molecule has 5 nitrogen and oxygen atoms in total. The zero-order valence-electron chi connectivity index (χ0n) is 10.8. The molecule has 1 rings (SSSR count). The zero-order chi connectivity index (χ0) is 14.4. The predicted molar refractivity (Wildman–Crippen MR) is 73.7 cm³/mol. The molecule has 1 atom stereocenters. The summed E-state index contributed by atoms with van der Waals surface area (Å²) in [5.74, 6) is -0.872. The van der Waals surface area contributed by atoms with E-state index in [9.17, 15) is 9.90 Å². The van der Waals surface area contributed by atoms with Crippen molar-refractivity contribution in [2.75, 3.05) is 13.2 Å². The van der Waals surface area contributed by atoms with Crippen LogP contribution in [0.1, 0.15) is 24.2 Å². The molecule has 106 valence electrons. The normalized spacial score (nSPS) is 12.5. The molecule has 0 saturated carbocycles. The van der Waals surface area contributed by atoms with E-state index in [1.807, 2.05) is 13.8 Å². The second kappa shape index (κ2) is 7.47. The average Bonchev–Trinajstić information content (AvgIpc) is 2.34. The van der Waals surface area contributed by atoms with Gasteiger partial charge in [0.05, 0.1) is 17.2 Å². The molecule has 0 aliphatic carbocycles. The lowest BCUT2D eigenvalue weighted by Gasteiger charge is -2.16. The van der Waals surface area contributed by atoms with Gasteiger partial charge in [0.25, 0.3) is 0 Å². The van der Waals surface area contributed by atoms with Crippen molar-refractivity contribution in [3.05, 3.63) is 28.2 Å². The van der Waals surface area contributed by atoms with Gasteiger partial charge >= 0.3 is 5.97 Å². The Morgan fingerprint density at radius 1 is 1.37 bits per heavy atom. The summed E-state index contributed by atoms with van der Waals surface area (Å²) < 4.78 is 11.1. The molecule has 0 amide bonds. The maximum atomic E-state index is 11.0. The van der Waals surface area contributed by atoms with E-state index in [0.717, 1.165) is 0 Å². The lowest BCUT2D eigenvalue weighted by atomic mass is 10.2. The van der Waals surface area contributed by atoms with Gasteiger partial charge in [-0.05, 0) is 41.9 Å². The van der Waals surface area contributed by atoms with Gasteiger partial charge < -0.3 is 19.7 Å². The van der Waals surface area contributed by atoms with Gasteiger partial charge in [0.15, 0.2) is 0 Å². The second-order valence-corrected chi connectivity index (χ2v) is 5.12. The summed E-state index contributed by atoms with van der Waals surface area (Å²) in [5, 5.41) is 18.7. The smallest absolute Gasteiger partial charge is 0.339 e. The van der Waals surface area contributed by atoms with Crippen LogP contribution in [0.25, 0.3) is 0 Å². The minimum absolute atomic E-state index is 0.0210. The number of aliphatic hydroxyl groups excluding tert-OH is 1. The quantitative estimate of drug-likeness (QED) is 0.801. The van der Waals surface area contributed by atoms with Crippen LogP contribution in [0.3, 0.4) is 0 Å². The highest BCUT2D eigenvalue weighted by Gasteiger charge is 2.16. The third kappa shape index (κ3) is 5.18. The SMILES string of the molecule is CC(C)OCC(O)COc1c(Br)cccc1C(=O)O. The van der Waals surface area contributed by atoms with Crippen molar-refractivity contribution in [3.63, 3.8) is 0 Å². The van der Waals surface area contributed by atoms with Crippen LogP contribution >= 0.6 is 15.9 Å². The topological polar surface area (TPSA) is 76.0 Å². The third-order valence-electron chi connectivity index (χ3n) is 2.24. The molecule has 19 heavy (non-hydrogen) atoms. The molecule has 0 fully saturated rings. The summed E-state index contributed by atoms with van der Waals surface area (Å²) in [6, 6.07) is 4.73. The number of carboxylic acid groups (broad SMARTS) is 1. The lowest BCUT2D eigenvalue weighted by Crippen LogP contribution is -2.25. The number of para-hydroxylation sites is 1. The molecule has 0 aromatic heterocycles. The van der Waals surface area contributed by atoms with Crippen molar-refractivity contribution in [2.45, 2.75) is 26.1 Å². The van der Waals surface area contributed by atoms with Crippen molar-refractivity contribution in [3.8, 4) is 5.75 Å². The Kier molecular flexibility index (Phi) is 6.27. The highest BCUT2D eigenvalue weighted by Crippen LogP contribution is 2.29. The highest BCUT2D eigenvalue weighted by molar-refractivity contribution is 9.10. The molecule has 0 spiro atoms. The van der Waals surface area contributed by atoms with E-state index in [1.165, 1.54) is 6.07 Å². The lowest BCUT2D eigenvalue weighted by molar-refractivity contribution is -0.0125. The fraction of sp³-hybridized carbons (Fsp3) is 0.462. The third-order valence-corrected chi connectivity index (χ3v) is 2.86. The molecular weight excluding hydrogens is 316 g/mol. The molecule has 6 heteroatoms. The van der Waals surface area contributed by atoms with Crippen molar-refractivity contribution < 1.29 is 24.5 Å². The monoisotopic (exact) mass is 332 g/mol. The number of aliphatic hydroxyl groups is 1. The molecule has 1 unspecified atom stereocenters. The van der Waals surface area contributed by atoms with Crippen molar-refractivity contribution >= 4 is 21.9 Å². The minimum Gasteiger partial charge on any atom is -0.489 e. The van der Waals surface area contributed by atoms with Crippen LogP contribution in [-0.4, -0.2) is 41.6 Å². The number of aromatic carboxylic acids is 1. The van der Waals surface area contributed by atoms with Crippen LogP contribution in [-0.2, 0) is 4.74 Å². The Morgan fingerprint density at radius 2 is 2.05 bits per heavy atom. The number of rotatable bonds is 7. The van der Waals surface area contributed by atoms with Crippen LogP contribution in [0.2, 0.25) is 0 Å². The van der Waals surface area contributed by atoms with Gasteiger partial charge in [0.1, 0.15) is 24.0 Å². The Hall–Kier alpha value is -1.11. The van der Waals surface area contributed by atoms with Gasteiger partial charge in [-0.3, -0.25) is 0 Å². The maximum Gasteiger partial charge on any atom is 0.339 e. The van der Waals surface area contributed by atoms with Gasteiger partial charge in [-0.2, -0.15) is 0 Å². The van der Waals surface area contributed by atoms with E-state index in [-0.39, 0.29) is 30.6 Å². The van der Waals surface area contributed by atoms with Crippen LogP contribution in [0, 0.1) is 0 Å². The van der Waals surface area contributed by atoms with E-state index in [1.54, 1.807) is 12.1 Å². The summed E-state index contributed by atoms with van der Waals surface area (Å²) in [5.41, 5.74) is 0.0475. The summed E-state index contributed by atoms with van der Waals surface area (Å²) in [7, 11) is 0. The molecular formula is C13H17BrO5. The van der Waals surface area contributed by atoms with Crippen molar-refractivity contribution in [2.24, 2.45) is 0 Å². The molecule has 1 aromatic carbocycles. The van der Waals surface area contributed by atoms with Crippen molar-refractivity contribution in [1.29, 1.82) is 0 Å². The predicted octanol–water partition coefficient (Wildman–Crippen LogP) is 2.31. The van der Waals surface area contributed by atoms with Crippen LogP contribution in [0.5, 0.6) is 5.75 Å². The van der Waals surface area contributed by atoms with Gasteiger partial charge in [0, 0.05) is 0 Å². The van der Waals surface area contributed by atoms with E-state index in [2.05, 4.69) is 15.9 Å². The minimum atomic E-state index is -1.08. The number of carbonyl (C=O) groups is 1. The first-order valence-electron chi connectivity index (χ1n) is 5.86. The van der Waals surface area contributed by atoms with E-state index >= 15 is 0 Å². The largest absolute Gasteiger partial charge is 0.489 e. The van der Waals surface area contributed by atoms with Gasteiger partial charge in [0.2, 0.25) is 0 Å². The first kappa shape index (κ1) is 15.9. The number of hydrogen-bond acceptors (Lipinski definition) is 4. The van der Waals surface area contributed by atoms with Gasteiger partial charge in [-0.15, -0.1) is 0 Å². The molecule has 1 aromatic rings. The number of benzene rings is 1. The standard InChI is InChI=1S/C13H17BrO5/c1-8(2)18-6-9(15)7-19-12-10(13(16)17)4-3-5-11(12)14/h3-5,8-9,15H,6-7H2,1-2H3,(H,16,17). The van der Waals surface area contributed by atoms with E-state index < -0.39 is 12.1 Å². The molecule has 0 saturated heterocycles. The van der Waals surface area contributed by atoms with Gasteiger partial charge in [-0.25, -0.2) is 4.79 Å².